The number of carboxylic acids is 1. The highest BCUT2D eigenvalue weighted by Gasteiger charge is 2.24. The fraction of sp³-hybridized carbons (Fsp3) is 0.250. The number of hydrogen-bond acceptors (Lipinski definition) is 6. The summed E-state index contributed by atoms with van der Waals surface area (Å²) in [6, 6.07) is 1.18. The molecule has 0 radical (unpaired) electrons. The highest BCUT2D eigenvalue weighted by atomic mass is 19.3. The van der Waals surface area contributed by atoms with E-state index in [-0.39, 0.29) is 18.3 Å². The van der Waals surface area contributed by atoms with Crippen LogP contribution in [0.3, 0.4) is 0 Å². The van der Waals surface area contributed by atoms with Crippen molar-refractivity contribution >= 4 is 23.3 Å². The summed E-state index contributed by atoms with van der Waals surface area (Å²) < 4.78 is 44.2. The Kier molecular flexibility index (Phi) is 5.47. The first-order valence-corrected chi connectivity index (χ1v) is 7.97. The molecule has 9 nitrogen and oxygen atoms in total. The van der Waals surface area contributed by atoms with Crippen LogP contribution >= 0.6 is 0 Å². The average molecular weight is 397 g/mol. The molecule has 1 aliphatic heterocycles. The quantitative estimate of drug-likeness (QED) is 0.688. The molecule has 1 amide bonds. The Morgan fingerprint density at radius 1 is 1.39 bits per heavy atom. The average Bonchev–Trinajstić information content (AvgIpc) is 3.18. The standard InChI is InChI=1S/C16H14F3N5O4/c17-9-6-11(8(15(26)27)5-12(9)28-16(18)19)21-14(25)10-1-2-13(23-22-10)24-4-3-20-7-24/h3-7,13,16,23H,1-2H2,(H,21,25)(H,26,27). The normalized spacial score (nSPS) is 16.3. The maximum Gasteiger partial charge on any atom is 0.387 e. The van der Waals surface area contributed by atoms with Gasteiger partial charge in [-0.2, -0.15) is 13.9 Å². The Morgan fingerprint density at radius 2 is 2.18 bits per heavy atom. The first-order chi connectivity index (χ1) is 13.3. The van der Waals surface area contributed by atoms with Gasteiger partial charge in [0, 0.05) is 30.9 Å². The van der Waals surface area contributed by atoms with Gasteiger partial charge in [0.25, 0.3) is 5.91 Å². The fourth-order valence-electron chi connectivity index (χ4n) is 2.59. The molecule has 2 aromatic rings. The lowest BCUT2D eigenvalue weighted by molar-refractivity contribution is -0.110. The van der Waals surface area contributed by atoms with Gasteiger partial charge in [-0.25, -0.2) is 14.2 Å². The zero-order valence-corrected chi connectivity index (χ0v) is 14.1. The monoisotopic (exact) mass is 397 g/mol. The number of imidazole rings is 1. The second-order valence-corrected chi connectivity index (χ2v) is 5.72. The largest absolute Gasteiger partial charge is 0.478 e. The first-order valence-electron chi connectivity index (χ1n) is 7.97. The molecule has 0 spiro atoms. The van der Waals surface area contributed by atoms with Crippen LogP contribution in [-0.2, 0) is 4.79 Å². The minimum atomic E-state index is -3.33. The van der Waals surface area contributed by atoms with Gasteiger partial charge >= 0.3 is 12.6 Å². The number of alkyl halides is 2. The van der Waals surface area contributed by atoms with E-state index in [0.29, 0.717) is 18.6 Å². The van der Waals surface area contributed by atoms with Crippen LogP contribution in [0.1, 0.15) is 29.4 Å². The van der Waals surface area contributed by atoms with Crippen LogP contribution in [0.15, 0.2) is 36.0 Å². The molecule has 1 aromatic heterocycles. The molecule has 0 fully saturated rings. The van der Waals surface area contributed by atoms with Gasteiger partial charge in [0.1, 0.15) is 11.9 Å². The Balaban J connectivity index is 1.76. The molecular formula is C16H14F3N5O4. The summed E-state index contributed by atoms with van der Waals surface area (Å²) in [7, 11) is 0. The van der Waals surface area contributed by atoms with Crippen LogP contribution in [0.5, 0.6) is 5.75 Å². The number of nitrogens with one attached hydrogen (secondary N) is 2. The number of halogens is 3. The molecule has 0 bridgehead atoms. The SMILES string of the molecule is O=C(Nc1cc(F)c(OC(F)F)cc1C(=O)O)C1=NNC(n2ccnc2)CC1. The molecular weight excluding hydrogens is 383 g/mol. The lowest BCUT2D eigenvalue weighted by atomic mass is 10.1. The summed E-state index contributed by atoms with van der Waals surface area (Å²) in [5.41, 5.74) is 1.83. The minimum Gasteiger partial charge on any atom is -0.478 e. The fourth-order valence-corrected chi connectivity index (χ4v) is 2.59. The van der Waals surface area contributed by atoms with Gasteiger partial charge in [-0.3, -0.25) is 10.2 Å². The number of nitrogens with zero attached hydrogens (tertiary/aromatic N) is 3. The third-order valence-electron chi connectivity index (χ3n) is 3.92. The third-order valence-corrected chi connectivity index (χ3v) is 3.92. The van der Waals surface area contributed by atoms with E-state index in [1.54, 1.807) is 23.3 Å². The smallest absolute Gasteiger partial charge is 0.387 e. The van der Waals surface area contributed by atoms with Gasteiger partial charge in [-0.15, -0.1) is 0 Å². The number of ether oxygens (including phenoxy) is 1. The summed E-state index contributed by atoms with van der Waals surface area (Å²) in [5, 5.41) is 15.4. The molecule has 3 N–H and O–H groups in total. The topological polar surface area (TPSA) is 118 Å². The van der Waals surface area contributed by atoms with E-state index in [2.05, 4.69) is 25.6 Å². The van der Waals surface area contributed by atoms with E-state index >= 15 is 0 Å². The summed E-state index contributed by atoms with van der Waals surface area (Å²) in [4.78, 5) is 27.6. The van der Waals surface area contributed by atoms with E-state index in [1.165, 1.54) is 0 Å². The highest BCUT2D eigenvalue weighted by molar-refractivity contribution is 6.43. The van der Waals surface area contributed by atoms with Crippen molar-refractivity contribution in [3.63, 3.8) is 0 Å². The number of carbonyl (C=O) groups is 2. The number of carboxylic acid groups (broad SMARTS) is 1. The Labute approximate surface area is 155 Å². The molecule has 1 aromatic carbocycles. The lowest BCUT2D eigenvalue weighted by Crippen LogP contribution is -2.34. The predicted molar refractivity (Wildman–Crippen MR) is 89.7 cm³/mol. The van der Waals surface area contributed by atoms with Gasteiger partial charge in [0.2, 0.25) is 0 Å². The van der Waals surface area contributed by atoms with E-state index in [9.17, 15) is 27.9 Å². The molecule has 1 atom stereocenters. The van der Waals surface area contributed by atoms with Gasteiger partial charge in [0.05, 0.1) is 17.6 Å². The van der Waals surface area contributed by atoms with Crippen LogP contribution in [0, 0.1) is 5.82 Å². The van der Waals surface area contributed by atoms with Gasteiger partial charge in [0.15, 0.2) is 11.6 Å². The molecule has 0 aliphatic carbocycles. The summed E-state index contributed by atoms with van der Waals surface area (Å²) >= 11 is 0. The Morgan fingerprint density at radius 3 is 2.75 bits per heavy atom. The second-order valence-electron chi connectivity index (χ2n) is 5.72. The number of carbonyl (C=O) groups excluding carboxylic acids is 1. The second kappa shape index (κ2) is 7.98. The van der Waals surface area contributed by atoms with E-state index < -0.39 is 41.3 Å². The van der Waals surface area contributed by atoms with Crippen LogP contribution in [0.2, 0.25) is 0 Å². The molecule has 2 heterocycles. The first kappa shape index (κ1) is 19.2. The van der Waals surface area contributed by atoms with Crippen molar-refractivity contribution < 1.29 is 32.6 Å². The number of anilines is 1. The molecule has 1 unspecified atom stereocenters. The number of aromatic carboxylic acids is 1. The maximum atomic E-state index is 13.9. The minimum absolute atomic E-state index is 0.0704. The van der Waals surface area contributed by atoms with Crippen LogP contribution in [-0.4, -0.2) is 38.9 Å². The summed E-state index contributed by atoms with van der Waals surface area (Å²) in [5.74, 6) is -4.49. The van der Waals surface area contributed by atoms with Crippen LogP contribution in [0.4, 0.5) is 18.9 Å². The molecule has 0 saturated heterocycles. The van der Waals surface area contributed by atoms with Crippen LogP contribution in [0.25, 0.3) is 0 Å². The van der Waals surface area contributed by atoms with Crippen molar-refractivity contribution in [2.75, 3.05) is 5.32 Å². The van der Waals surface area contributed by atoms with E-state index in [1.807, 2.05) is 0 Å². The van der Waals surface area contributed by atoms with Gasteiger partial charge < -0.3 is 19.7 Å². The van der Waals surface area contributed by atoms with Crippen molar-refractivity contribution in [3.8, 4) is 5.75 Å². The van der Waals surface area contributed by atoms with Crippen molar-refractivity contribution in [1.29, 1.82) is 0 Å². The van der Waals surface area contributed by atoms with Crippen molar-refractivity contribution in [2.24, 2.45) is 5.10 Å². The molecule has 0 saturated carbocycles. The maximum absolute atomic E-state index is 13.9. The molecule has 12 heteroatoms. The lowest BCUT2D eigenvalue weighted by Gasteiger charge is -2.23. The number of amides is 1. The number of hydrogen-bond donors (Lipinski definition) is 3. The number of aromatic nitrogens is 2. The Hall–Kier alpha value is -3.57. The summed E-state index contributed by atoms with van der Waals surface area (Å²) in [6.07, 6.45) is 5.48. The van der Waals surface area contributed by atoms with E-state index in [0.717, 1.165) is 0 Å². The number of benzene rings is 1. The molecule has 1 aliphatic rings. The van der Waals surface area contributed by atoms with E-state index in [4.69, 9.17) is 0 Å². The van der Waals surface area contributed by atoms with Crippen molar-refractivity contribution in [3.05, 3.63) is 42.2 Å². The zero-order valence-electron chi connectivity index (χ0n) is 14.1. The number of rotatable bonds is 6. The van der Waals surface area contributed by atoms with Crippen molar-refractivity contribution in [1.82, 2.24) is 15.0 Å². The Bertz CT molecular complexity index is 917. The molecule has 148 valence electrons. The third kappa shape index (κ3) is 4.22. The highest BCUT2D eigenvalue weighted by Crippen LogP contribution is 2.28. The molecule has 3 rings (SSSR count). The van der Waals surface area contributed by atoms with Gasteiger partial charge in [-0.05, 0) is 6.42 Å². The predicted octanol–water partition coefficient (Wildman–Crippen LogP) is 2.20. The molecule has 28 heavy (non-hydrogen) atoms. The van der Waals surface area contributed by atoms with Gasteiger partial charge in [-0.1, -0.05) is 0 Å². The zero-order chi connectivity index (χ0) is 20.3. The van der Waals surface area contributed by atoms with Crippen molar-refractivity contribution in [2.45, 2.75) is 25.6 Å². The van der Waals surface area contributed by atoms with Crippen LogP contribution < -0.4 is 15.5 Å². The number of hydrazone groups is 1. The summed E-state index contributed by atoms with van der Waals surface area (Å²) in [6.45, 7) is -3.33.